The smallest absolute Gasteiger partial charge is 0.258 e. The van der Waals surface area contributed by atoms with Crippen LogP contribution in [0.1, 0.15) is 0 Å². The lowest BCUT2D eigenvalue weighted by molar-refractivity contribution is -0.384. The van der Waals surface area contributed by atoms with Gasteiger partial charge in [0.05, 0.1) is 9.82 Å². The fourth-order valence-electron chi connectivity index (χ4n) is 1.41. The summed E-state index contributed by atoms with van der Waals surface area (Å²) in [6.45, 7) is 0. The molecule has 0 unspecified atom stereocenters. The van der Waals surface area contributed by atoms with E-state index in [1.165, 1.54) is 30.5 Å². The zero-order valence-electron chi connectivity index (χ0n) is 9.55. The van der Waals surface area contributed by atoms with Gasteiger partial charge in [-0.05, 0) is 18.2 Å². The fourth-order valence-corrected chi connectivity index (χ4v) is 2.45. The van der Waals surface area contributed by atoms with Crippen LogP contribution in [0.4, 0.5) is 11.5 Å². The maximum Gasteiger partial charge on any atom is 0.312 e. The molecule has 0 aliphatic rings. The molecule has 2 rings (SSSR count). The maximum absolute atomic E-state index is 12.0. The number of rotatable bonds is 4. The van der Waals surface area contributed by atoms with E-state index in [0.717, 1.165) is 0 Å². The van der Waals surface area contributed by atoms with Gasteiger partial charge in [0, 0.05) is 12.3 Å². The van der Waals surface area contributed by atoms with Crippen molar-refractivity contribution in [3.8, 4) is 0 Å². The van der Waals surface area contributed by atoms with Crippen LogP contribution in [0.3, 0.4) is 0 Å². The van der Waals surface area contributed by atoms with E-state index in [4.69, 9.17) is 0 Å². The van der Waals surface area contributed by atoms with E-state index in [1.54, 1.807) is 18.2 Å². The summed E-state index contributed by atoms with van der Waals surface area (Å²) in [5.41, 5.74) is -0.401. The molecule has 0 amide bonds. The monoisotopic (exact) mass is 279 g/mol. The molecule has 0 fully saturated rings. The third kappa shape index (κ3) is 2.86. The molecule has 0 saturated carbocycles. The first kappa shape index (κ1) is 13.0. The minimum absolute atomic E-state index is 0.00921. The molecule has 0 saturated heterocycles. The minimum atomic E-state index is -3.89. The number of pyridine rings is 1. The highest BCUT2D eigenvalue weighted by Crippen LogP contribution is 2.23. The number of nitrogens with one attached hydrogen (secondary N) is 1. The summed E-state index contributed by atoms with van der Waals surface area (Å²) in [5, 5.41) is 10.8. The average Bonchev–Trinajstić information content (AvgIpc) is 2.39. The lowest BCUT2D eigenvalue weighted by Gasteiger charge is -2.06. The molecule has 1 aromatic carbocycles. The van der Waals surface area contributed by atoms with Gasteiger partial charge in [0.2, 0.25) is 5.82 Å². The van der Waals surface area contributed by atoms with Crippen molar-refractivity contribution in [2.24, 2.45) is 0 Å². The topological polar surface area (TPSA) is 102 Å². The van der Waals surface area contributed by atoms with E-state index < -0.39 is 20.6 Å². The Morgan fingerprint density at radius 1 is 1.11 bits per heavy atom. The predicted octanol–water partition coefficient (Wildman–Crippen LogP) is 1.79. The molecule has 8 heteroatoms. The predicted molar refractivity (Wildman–Crippen MR) is 68.1 cm³/mol. The molecule has 1 N–H and O–H groups in total. The van der Waals surface area contributed by atoms with Crippen molar-refractivity contribution in [1.82, 2.24) is 4.98 Å². The molecule has 0 spiro atoms. The van der Waals surface area contributed by atoms with Gasteiger partial charge in [-0.15, -0.1) is 0 Å². The standard InChI is InChI=1S/C11H9N3O4S/c15-14(16)10-7-4-8-12-11(10)13-19(17,18)9-5-2-1-3-6-9/h1-8H,(H,12,13). The molecule has 19 heavy (non-hydrogen) atoms. The molecule has 7 nitrogen and oxygen atoms in total. The molecule has 98 valence electrons. The number of benzene rings is 1. The summed E-state index contributed by atoms with van der Waals surface area (Å²) in [5.74, 6) is -0.309. The number of anilines is 1. The fraction of sp³-hybridized carbons (Fsp3) is 0. The number of hydrogen-bond donors (Lipinski definition) is 1. The molecular weight excluding hydrogens is 270 g/mol. The van der Waals surface area contributed by atoms with E-state index in [2.05, 4.69) is 9.71 Å². The van der Waals surface area contributed by atoms with Crippen molar-refractivity contribution in [3.63, 3.8) is 0 Å². The highest BCUT2D eigenvalue weighted by atomic mass is 32.2. The van der Waals surface area contributed by atoms with E-state index in [1.807, 2.05) is 0 Å². The molecule has 2 aromatic rings. The van der Waals surface area contributed by atoms with Gasteiger partial charge in [-0.3, -0.25) is 14.8 Å². The van der Waals surface area contributed by atoms with Crippen LogP contribution in [0.2, 0.25) is 0 Å². The number of nitro groups is 1. The highest BCUT2D eigenvalue weighted by Gasteiger charge is 2.21. The third-order valence-corrected chi connectivity index (χ3v) is 3.62. The zero-order chi connectivity index (χ0) is 13.9. The zero-order valence-corrected chi connectivity index (χ0v) is 10.4. The van der Waals surface area contributed by atoms with Crippen LogP contribution in [0.25, 0.3) is 0 Å². The van der Waals surface area contributed by atoms with E-state index >= 15 is 0 Å². The minimum Gasteiger partial charge on any atom is -0.258 e. The Balaban J connectivity index is 2.39. The number of nitrogens with zero attached hydrogens (tertiary/aromatic N) is 2. The van der Waals surface area contributed by atoms with Crippen LogP contribution in [-0.4, -0.2) is 18.3 Å². The second-order valence-electron chi connectivity index (χ2n) is 3.55. The summed E-state index contributed by atoms with van der Waals surface area (Å²) in [7, 11) is -3.89. The van der Waals surface area contributed by atoms with E-state index in [9.17, 15) is 18.5 Å². The Morgan fingerprint density at radius 3 is 2.42 bits per heavy atom. The lowest BCUT2D eigenvalue weighted by atomic mass is 10.4. The summed E-state index contributed by atoms with van der Waals surface area (Å²) >= 11 is 0. The van der Waals surface area contributed by atoms with Crippen molar-refractivity contribution in [2.45, 2.75) is 4.90 Å². The lowest BCUT2D eigenvalue weighted by Crippen LogP contribution is -2.14. The molecule has 1 heterocycles. The molecule has 0 aliphatic carbocycles. The number of hydrogen-bond acceptors (Lipinski definition) is 5. The van der Waals surface area contributed by atoms with Crippen LogP contribution < -0.4 is 4.72 Å². The van der Waals surface area contributed by atoms with Gasteiger partial charge in [-0.25, -0.2) is 13.4 Å². The van der Waals surface area contributed by atoms with Crippen molar-refractivity contribution in [2.75, 3.05) is 4.72 Å². The Morgan fingerprint density at radius 2 is 1.79 bits per heavy atom. The molecule has 0 bridgehead atoms. The molecular formula is C11H9N3O4S. The second kappa shape index (κ2) is 5.02. The number of aromatic nitrogens is 1. The van der Waals surface area contributed by atoms with Crippen LogP contribution in [0.15, 0.2) is 53.6 Å². The van der Waals surface area contributed by atoms with Crippen molar-refractivity contribution >= 4 is 21.5 Å². The van der Waals surface area contributed by atoms with Gasteiger partial charge in [0.15, 0.2) is 0 Å². The summed E-state index contributed by atoms with van der Waals surface area (Å²) < 4.78 is 26.1. The van der Waals surface area contributed by atoms with Crippen LogP contribution in [-0.2, 0) is 10.0 Å². The van der Waals surface area contributed by atoms with Crippen molar-refractivity contribution in [3.05, 3.63) is 58.8 Å². The average molecular weight is 279 g/mol. The van der Waals surface area contributed by atoms with Crippen LogP contribution in [0, 0.1) is 10.1 Å². The highest BCUT2D eigenvalue weighted by molar-refractivity contribution is 7.92. The largest absolute Gasteiger partial charge is 0.312 e. The Bertz CT molecular complexity index is 701. The van der Waals surface area contributed by atoms with Gasteiger partial charge in [-0.1, -0.05) is 18.2 Å². The summed E-state index contributed by atoms with van der Waals surface area (Å²) in [4.78, 5) is 13.8. The van der Waals surface area contributed by atoms with Gasteiger partial charge >= 0.3 is 5.69 Å². The maximum atomic E-state index is 12.0. The number of sulfonamides is 1. The first-order valence-electron chi connectivity index (χ1n) is 5.18. The van der Waals surface area contributed by atoms with Gasteiger partial charge in [0.25, 0.3) is 10.0 Å². The Kier molecular flexibility index (Phi) is 3.43. The second-order valence-corrected chi connectivity index (χ2v) is 5.23. The summed E-state index contributed by atoms with van der Waals surface area (Å²) in [6.07, 6.45) is 1.27. The normalized spacial score (nSPS) is 10.9. The molecule has 0 aliphatic heterocycles. The quantitative estimate of drug-likeness (QED) is 0.679. The molecule has 1 aromatic heterocycles. The SMILES string of the molecule is O=[N+]([O-])c1cccnc1NS(=O)(=O)c1ccccc1. The first-order valence-corrected chi connectivity index (χ1v) is 6.66. The van der Waals surface area contributed by atoms with Crippen molar-refractivity contribution < 1.29 is 13.3 Å². The van der Waals surface area contributed by atoms with E-state index in [-0.39, 0.29) is 10.7 Å². The Hall–Kier alpha value is -2.48. The van der Waals surface area contributed by atoms with Gasteiger partial charge in [-0.2, -0.15) is 0 Å². The molecule has 0 atom stereocenters. The van der Waals surface area contributed by atoms with Crippen LogP contribution >= 0.6 is 0 Å². The molecule has 0 radical (unpaired) electrons. The Labute approximate surface area is 109 Å². The first-order chi connectivity index (χ1) is 9.00. The van der Waals surface area contributed by atoms with E-state index in [0.29, 0.717) is 0 Å². The third-order valence-electron chi connectivity index (χ3n) is 2.27. The van der Waals surface area contributed by atoms with Gasteiger partial charge < -0.3 is 0 Å². The van der Waals surface area contributed by atoms with Crippen LogP contribution in [0.5, 0.6) is 0 Å². The summed E-state index contributed by atoms with van der Waals surface area (Å²) in [6, 6.07) is 10.1. The van der Waals surface area contributed by atoms with Crippen molar-refractivity contribution in [1.29, 1.82) is 0 Å². The van der Waals surface area contributed by atoms with Gasteiger partial charge in [0.1, 0.15) is 0 Å².